The number of aromatic nitrogens is 1. The predicted octanol–water partition coefficient (Wildman–Crippen LogP) is 3.83. The highest BCUT2D eigenvalue weighted by Gasteiger charge is 2.44. The molecule has 0 aromatic carbocycles. The van der Waals surface area contributed by atoms with Crippen LogP contribution in [0.2, 0.25) is 0 Å². The van der Waals surface area contributed by atoms with Gasteiger partial charge in [-0.05, 0) is 51.2 Å². The van der Waals surface area contributed by atoms with Gasteiger partial charge in [-0.3, -0.25) is 4.98 Å². The highest BCUT2D eigenvalue weighted by molar-refractivity contribution is 5.04. The van der Waals surface area contributed by atoms with E-state index in [1.165, 1.54) is 32.1 Å². The van der Waals surface area contributed by atoms with Crippen molar-refractivity contribution >= 4 is 0 Å². The maximum Gasteiger partial charge on any atom is 0.163 e. The number of hydrogen-bond donors (Lipinski definition) is 1. The monoisotopic (exact) mass is 332 g/mol. The Morgan fingerprint density at radius 3 is 2.71 bits per heavy atom. The third kappa shape index (κ3) is 4.78. The first-order valence-corrected chi connectivity index (χ1v) is 9.54. The van der Waals surface area contributed by atoms with Gasteiger partial charge in [0.15, 0.2) is 5.79 Å². The van der Waals surface area contributed by atoms with E-state index in [-0.39, 0.29) is 18.2 Å². The fourth-order valence-corrected chi connectivity index (χ4v) is 4.23. The van der Waals surface area contributed by atoms with Gasteiger partial charge >= 0.3 is 0 Å². The SMILES string of the molecule is CC1(C)O[C@H]([C@@H](N)CC2CCCCC2)[C@H](CCc2ccccn2)O1. The summed E-state index contributed by atoms with van der Waals surface area (Å²) in [5, 5.41) is 0. The molecule has 1 aromatic heterocycles. The first kappa shape index (κ1) is 17.8. The summed E-state index contributed by atoms with van der Waals surface area (Å²) in [6.45, 7) is 3.99. The fraction of sp³-hybridized carbons (Fsp3) is 0.750. The molecule has 2 fully saturated rings. The van der Waals surface area contributed by atoms with Crippen molar-refractivity contribution in [1.82, 2.24) is 4.98 Å². The molecular formula is C20H32N2O2. The molecule has 0 unspecified atom stereocenters. The number of hydrogen-bond acceptors (Lipinski definition) is 4. The Morgan fingerprint density at radius 1 is 1.21 bits per heavy atom. The molecule has 1 aliphatic heterocycles. The Labute approximate surface area is 146 Å². The number of rotatable bonds is 6. The van der Waals surface area contributed by atoms with Crippen molar-refractivity contribution in [2.24, 2.45) is 11.7 Å². The smallest absolute Gasteiger partial charge is 0.163 e. The van der Waals surface area contributed by atoms with Gasteiger partial charge in [0.05, 0.1) is 6.10 Å². The van der Waals surface area contributed by atoms with E-state index in [0.29, 0.717) is 0 Å². The summed E-state index contributed by atoms with van der Waals surface area (Å²) >= 11 is 0. The number of aryl methyl sites for hydroxylation is 1. The molecule has 1 aliphatic carbocycles. The standard InChI is InChI=1S/C20H32N2O2/c1-20(2)23-18(12-11-16-10-6-7-13-22-16)19(24-20)17(21)14-15-8-4-3-5-9-15/h6-7,10,13,15,17-19H,3-5,8-9,11-12,14,21H2,1-2H3/t17-,18-,19+/m0/s1. The van der Waals surface area contributed by atoms with Crippen molar-refractivity contribution in [3.63, 3.8) is 0 Å². The van der Waals surface area contributed by atoms with Gasteiger partial charge in [-0.2, -0.15) is 0 Å². The summed E-state index contributed by atoms with van der Waals surface area (Å²) in [7, 11) is 0. The third-order valence-corrected chi connectivity index (χ3v) is 5.38. The van der Waals surface area contributed by atoms with Crippen LogP contribution in [0.1, 0.15) is 64.5 Å². The molecule has 3 atom stereocenters. The topological polar surface area (TPSA) is 57.4 Å². The van der Waals surface area contributed by atoms with Crippen LogP contribution < -0.4 is 5.73 Å². The van der Waals surface area contributed by atoms with Crippen LogP contribution in [0.15, 0.2) is 24.4 Å². The zero-order valence-corrected chi connectivity index (χ0v) is 15.1. The minimum Gasteiger partial charge on any atom is -0.345 e. The first-order valence-electron chi connectivity index (χ1n) is 9.54. The molecule has 2 heterocycles. The Balaban J connectivity index is 1.58. The Kier molecular flexibility index (Phi) is 5.90. The molecule has 4 nitrogen and oxygen atoms in total. The lowest BCUT2D eigenvalue weighted by atomic mass is 9.83. The molecule has 0 bridgehead atoms. The zero-order chi connectivity index (χ0) is 17.0. The summed E-state index contributed by atoms with van der Waals surface area (Å²) in [6.07, 6.45) is 11.5. The summed E-state index contributed by atoms with van der Waals surface area (Å²) in [5.74, 6) is 0.224. The Bertz CT molecular complexity index is 500. The largest absolute Gasteiger partial charge is 0.345 e. The minimum absolute atomic E-state index is 0.00867. The maximum absolute atomic E-state index is 6.57. The van der Waals surface area contributed by atoms with Gasteiger partial charge in [-0.25, -0.2) is 0 Å². The first-order chi connectivity index (χ1) is 11.5. The molecule has 2 aliphatic rings. The summed E-state index contributed by atoms with van der Waals surface area (Å²) in [6, 6.07) is 6.11. The van der Waals surface area contributed by atoms with Crippen LogP contribution >= 0.6 is 0 Å². The van der Waals surface area contributed by atoms with Gasteiger partial charge in [0, 0.05) is 17.9 Å². The van der Waals surface area contributed by atoms with Gasteiger partial charge < -0.3 is 15.2 Å². The van der Waals surface area contributed by atoms with E-state index in [4.69, 9.17) is 15.2 Å². The molecule has 1 saturated carbocycles. The molecule has 1 aromatic rings. The van der Waals surface area contributed by atoms with Crippen molar-refractivity contribution < 1.29 is 9.47 Å². The van der Waals surface area contributed by atoms with Gasteiger partial charge in [-0.1, -0.05) is 38.2 Å². The van der Waals surface area contributed by atoms with Gasteiger partial charge in [0.1, 0.15) is 6.10 Å². The molecule has 1 saturated heterocycles. The number of nitrogens with two attached hydrogens (primary N) is 1. The molecule has 0 radical (unpaired) electrons. The number of ether oxygens (including phenoxy) is 2. The van der Waals surface area contributed by atoms with E-state index < -0.39 is 5.79 Å². The maximum atomic E-state index is 6.57. The number of pyridine rings is 1. The second kappa shape index (κ2) is 7.94. The van der Waals surface area contributed by atoms with Crippen LogP contribution in [0, 0.1) is 5.92 Å². The molecule has 2 N–H and O–H groups in total. The van der Waals surface area contributed by atoms with Crippen LogP contribution in [0.3, 0.4) is 0 Å². The van der Waals surface area contributed by atoms with E-state index in [9.17, 15) is 0 Å². The number of nitrogens with zero attached hydrogens (tertiary/aromatic N) is 1. The Hall–Kier alpha value is -0.970. The van der Waals surface area contributed by atoms with Crippen molar-refractivity contribution in [3.05, 3.63) is 30.1 Å². The molecule has 134 valence electrons. The average molecular weight is 332 g/mol. The van der Waals surface area contributed by atoms with E-state index >= 15 is 0 Å². The van der Waals surface area contributed by atoms with Crippen molar-refractivity contribution in [2.45, 2.75) is 89.3 Å². The van der Waals surface area contributed by atoms with E-state index in [0.717, 1.165) is 30.9 Å². The zero-order valence-electron chi connectivity index (χ0n) is 15.1. The van der Waals surface area contributed by atoms with Crippen molar-refractivity contribution in [1.29, 1.82) is 0 Å². The predicted molar refractivity (Wildman–Crippen MR) is 95.6 cm³/mol. The summed E-state index contributed by atoms with van der Waals surface area (Å²) in [4.78, 5) is 4.41. The molecule has 0 spiro atoms. The molecule has 3 rings (SSSR count). The van der Waals surface area contributed by atoms with Crippen LogP contribution in [0.4, 0.5) is 0 Å². The highest BCUT2D eigenvalue weighted by Crippen LogP contribution is 2.35. The Morgan fingerprint density at radius 2 is 2.00 bits per heavy atom. The van der Waals surface area contributed by atoms with E-state index in [2.05, 4.69) is 11.1 Å². The van der Waals surface area contributed by atoms with Gasteiger partial charge in [0.25, 0.3) is 0 Å². The molecule has 24 heavy (non-hydrogen) atoms. The van der Waals surface area contributed by atoms with Crippen LogP contribution in [-0.4, -0.2) is 29.0 Å². The molecular weight excluding hydrogens is 300 g/mol. The van der Waals surface area contributed by atoms with Gasteiger partial charge in [0.2, 0.25) is 0 Å². The fourth-order valence-electron chi connectivity index (χ4n) is 4.23. The van der Waals surface area contributed by atoms with Crippen LogP contribution in [-0.2, 0) is 15.9 Å². The molecule has 4 heteroatoms. The van der Waals surface area contributed by atoms with Crippen molar-refractivity contribution in [2.75, 3.05) is 0 Å². The van der Waals surface area contributed by atoms with E-state index in [1.54, 1.807) is 0 Å². The minimum atomic E-state index is -0.538. The molecule has 0 amide bonds. The summed E-state index contributed by atoms with van der Waals surface area (Å²) in [5.41, 5.74) is 7.67. The quantitative estimate of drug-likeness (QED) is 0.860. The normalized spacial score (nSPS) is 28.8. The lowest BCUT2D eigenvalue weighted by Gasteiger charge is -2.29. The second-order valence-electron chi connectivity index (χ2n) is 7.90. The summed E-state index contributed by atoms with van der Waals surface area (Å²) < 4.78 is 12.3. The van der Waals surface area contributed by atoms with E-state index in [1.807, 2.05) is 32.2 Å². The van der Waals surface area contributed by atoms with Crippen molar-refractivity contribution in [3.8, 4) is 0 Å². The third-order valence-electron chi connectivity index (χ3n) is 5.38. The second-order valence-corrected chi connectivity index (χ2v) is 7.90. The average Bonchev–Trinajstić information content (AvgIpc) is 2.90. The highest BCUT2D eigenvalue weighted by atomic mass is 16.8. The lowest BCUT2D eigenvalue weighted by molar-refractivity contribution is -0.148. The lowest BCUT2D eigenvalue weighted by Crippen LogP contribution is -2.43. The van der Waals surface area contributed by atoms with Gasteiger partial charge in [-0.15, -0.1) is 0 Å². The van der Waals surface area contributed by atoms with Crippen LogP contribution in [0.5, 0.6) is 0 Å². The van der Waals surface area contributed by atoms with Crippen LogP contribution in [0.25, 0.3) is 0 Å².